The molecule has 1 saturated heterocycles. The molecule has 0 spiro atoms. The molecule has 32 heavy (non-hydrogen) atoms. The summed E-state index contributed by atoms with van der Waals surface area (Å²) in [6.45, 7) is 6.88. The van der Waals surface area contributed by atoms with Crippen LogP contribution in [0.2, 0.25) is 0 Å². The number of aliphatic imine (C=N–C) groups is 1. The highest BCUT2D eigenvalue weighted by Crippen LogP contribution is 2.21. The van der Waals surface area contributed by atoms with E-state index >= 15 is 0 Å². The molecule has 0 aliphatic carbocycles. The standard InChI is InChI=1S/C24H31N5O2.HI/c1-24(2,20-7-5-4-6-8-20)17-28-23(25-3)27-15-18-9-11-19(12-10-18)22(31)29-14-13-26-21(30)16-29;/h4-12H,13-17H2,1-3H3,(H,26,30)(H2,25,27,28);1H. The number of guanidine groups is 1. The number of nitrogens with zero attached hydrogens (tertiary/aromatic N) is 2. The third kappa shape index (κ3) is 6.94. The van der Waals surface area contributed by atoms with E-state index in [0.717, 1.165) is 18.1 Å². The van der Waals surface area contributed by atoms with Gasteiger partial charge in [-0.15, -0.1) is 24.0 Å². The van der Waals surface area contributed by atoms with Crippen molar-refractivity contribution in [2.24, 2.45) is 4.99 Å². The maximum atomic E-state index is 12.6. The monoisotopic (exact) mass is 549 g/mol. The summed E-state index contributed by atoms with van der Waals surface area (Å²) in [6.07, 6.45) is 0. The van der Waals surface area contributed by atoms with Crippen molar-refractivity contribution in [3.8, 4) is 0 Å². The lowest BCUT2D eigenvalue weighted by Crippen LogP contribution is -2.49. The van der Waals surface area contributed by atoms with Gasteiger partial charge in [-0.3, -0.25) is 14.6 Å². The number of hydrogen-bond donors (Lipinski definition) is 3. The van der Waals surface area contributed by atoms with E-state index in [1.165, 1.54) is 5.56 Å². The highest BCUT2D eigenvalue weighted by Gasteiger charge is 2.22. The molecule has 2 aromatic rings. The number of halogens is 1. The van der Waals surface area contributed by atoms with Crippen molar-refractivity contribution in [3.05, 3.63) is 71.3 Å². The summed E-state index contributed by atoms with van der Waals surface area (Å²) in [7, 11) is 1.75. The highest BCUT2D eigenvalue weighted by atomic mass is 127. The van der Waals surface area contributed by atoms with Crippen LogP contribution in [-0.4, -0.2) is 55.9 Å². The van der Waals surface area contributed by atoms with E-state index in [1.807, 2.05) is 18.2 Å². The fourth-order valence-corrected chi connectivity index (χ4v) is 3.46. The fourth-order valence-electron chi connectivity index (χ4n) is 3.46. The molecular weight excluding hydrogens is 517 g/mol. The van der Waals surface area contributed by atoms with Crippen LogP contribution in [0.5, 0.6) is 0 Å². The van der Waals surface area contributed by atoms with Crippen LogP contribution in [-0.2, 0) is 16.8 Å². The number of piperazine rings is 1. The van der Waals surface area contributed by atoms with E-state index in [9.17, 15) is 9.59 Å². The minimum atomic E-state index is -0.116. The van der Waals surface area contributed by atoms with Gasteiger partial charge in [-0.05, 0) is 23.3 Å². The SMILES string of the molecule is CN=C(NCc1ccc(C(=O)N2CCNC(=O)C2)cc1)NCC(C)(C)c1ccccc1.I. The summed E-state index contributed by atoms with van der Waals surface area (Å²) >= 11 is 0. The van der Waals surface area contributed by atoms with Gasteiger partial charge >= 0.3 is 0 Å². The number of amides is 2. The Morgan fingerprint density at radius 3 is 2.41 bits per heavy atom. The van der Waals surface area contributed by atoms with Gasteiger partial charge in [-0.2, -0.15) is 0 Å². The Labute approximate surface area is 207 Å². The molecule has 1 aliphatic heterocycles. The van der Waals surface area contributed by atoms with Gasteiger partial charge in [0.05, 0.1) is 6.54 Å². The second-order valence-corrected chi connectivity index (χ2v) is 8.30. The van der Waals surface area contributed by atoms with E-state index in [-0.39, 0.29) is 47.8 Å². The first-order chi connectivity index (χ1) is 14.9. The average Bonchev–Trinajstić information content (AvgIpc) is 2.79. The Kier molecular flexibility index (Phi) is 9.49. The number of hydrogen-bond acceptors (Lipinski definition) is 3. The van der Waals surface area contributed by atoms with Crippen molar-refractivity contribution in [1.29, 1.82) is 0 Å². The minimum absolute atomic E-state index is 0. The van der Waals surface area contributed by atoms with E-state index in [2.05, 4.69) is 59.1 Å². The molecule has 0 radical (unpaired) electrons. The van der Waals surface area contributed by atoms with Gasteiger partial charge in [0.15, 0.2) is 5.96 Å². The molecule has 1 heterocycles. The Morgan fingerprint density at radius 2 is 1.78 bits per heavy atom. The van der Waals surface area contributed by atoms with Crippen LogP contribution >= 0.6 is 24.0 Å². The third-order valence-electron chi connectivity index (χ3n) is 5.46. The van der Waals surface area contributed by atoms with Crippen molar-refractivity contribution >= 4 is 41.8 Å². The van der Waals surface area contributed by atoms with E-state index < -0.39 is 0 Å². The van der Waals surface area contributed by atoms with E-state index in [0.29, 0.717) is 25.2 Å². The van der Waals surface area contributed by atoms with Crippen LogP contribution in [0.15, 0.2) is 59.6 Å². The van der Waals surface area contributed by atoms with Crippen LogP contribution in [0, 0.1) is 0 Å². The molecule has 2 amide bonds. The molecule has 8 heteroatoms. The number of carbonyl (C=O) groups excluding carboxylic acids is 2. The molecule has 0 saturated carbocycles. The second-order valence-electron chi connectivity index (χ2n) is 8.30. The number of nitrogens with one attached hydrogen (secondary N) is 3. The van der Waals surface area contributed by atoms with Crippen LogP contribution in [0.4, 0.5) is 0 Å². The normalized spacial score (nSPS) is 14.3. The molecule has 3 rings (SSSR count). The molecule has 0 bridgehead atoms. The summed E-state index contributed by atoms with van der Waals surface area (Å²) in [5.74, 6) is 0.494. The predicted octanol–water partition coefficient (Wildman–Crippen LogP) is 2.52. The van der Waals surface area contributed by atoms with Gasteiger partial charge in [0.1, 0.15) is 0 Å². The molecule has 1 aliphatic rings. The molecule has 0 atom stereocenters. The molecule has 7 nitrogen and oxygen atoms in total. The minimum Gasteiger partial charge on any atom is -0.356 e. The fraction of sp³-hybridized carbons (Fsp3) is 0.375. The predicted molar refractivity (Wildman–Crippen MR) is 138 cm³/mol. The van der Waals surface area contributed by atoms with Gasteiger partial charge in [-0.1, -0.05) is 56.3 Å². The van der Waals surface area contributed by atoms with Crippen LogP contribution < -0.4 is 16.0 Å². The molecule has 2 aromatic carbocycles. The average molecular weight is 549 g/mol. The molecule has 0 unspecified atom stereocenters. The van der Waals surface area contributed by atoms with Crippen LogP contribution in [0.3, 0.4) is 0 Å². The van der Waals surface area contributed by atoms with E-state index in [4.69, 9.17) is 0 Å². The lowest BCUT2D eigenvalue weighted by Gasteiger charge is -2.27. The Hall–Kier alpha value is -2.62. The summed E-state index contributed by atoms with van der Waals surface area (Å²) in [6, 6.07) is 17.9. The maximum Gasteiger partial charge on any atom is 0.254 e. The molecule has 172 valence electrons. The lowest BCUT2D eigenvalue weighted by molar-refractivity contribution is -0.123. The van der Waals surface area contributed by atoms with Gasteiger partial charge in [0.25, 0.3) is 5.91 Å². The first kappa shape index (κ1) is 25.6. The van der Waals surface area contributed by atoms with Crippen molar-refractivity contribution in [2.45, 2.75) is 25.8 Å². The van der Waals surface area contributed by atoms with Gasteiger partial charge in [0, 0.05) is 44.2 Å². The number of rotatable bonds is 6. The van der Waals surface area contributed by atoms with Crippen LogP contribution in [0.25, 0.3) is 0 Å². The summed E-state index contributed by atoms with van der Waals surface area (Å²) in [5, 5.41) is 9.44. The molecule has 3 N–H and O–H groups in total. The zero-order valence-corrected chi connectivity index (χ0v) is 21.2. The topological polar surface area (TPSA) is 85.8 Å². The second kappa shape index (κ2) is 11.8. The van der Waals surface area contributed by atoms with Gasteiger partial charge in [-0.25, -0.2) is 0 Å². The molecule has 0 aromatic heterocycles. The number of benzene rings is 2. The van der Waals surface area contributed by atoms with Crippen LogP contribution in [0.1, 0.15) is 35.3 Å². The third-order valence-corrected chi connectivity index (χ3v) is 5.46. The Bertz CT molecular complexity index is 929. The van der Waals surface area contributed by atoms with E-state index in [1.54, 1.807) is 24.1 Å². The molecule has 1 fully saturated rings. The van der Waals surface area contributed by atoms with Gasteiger partial charge < -0.3 is 20.9 Å². The maximum absolute atomic E-state index is 12.6. The van der Waals surface area contributed by atoms with Crippen molar-refractivity contribution < 1.29 is 9.59 Å². The first-order valence-electron chi connectivity index (χ1n) is 10.5. The summed E-state index contributed by atoms with van der Waals surface area (Å²) in [5.41, 5.74) is 2.86. The van der Waals surface area contributed by atoms with Gasteiger partial charge in [0.2, 0.25) is 5.91 Å². The quantitative estimate of drug-likeness (QED) is 0.294. The highest BCUT2D eigenvalue weighted by molar-refractivity contribution is 14.0. The van der Waals surface area contributed by atoms with Crippen molar-refractivity contribution in [1.82, 2.24) is 20.9 Å². The Balaban J connectivity index is 0.00000363. The zero-order chi connectivity index (χ0) is 22.3. The first-order valence-corrected chi connectivity index (χ1v) is 10.5. The summed E-state index contributed by atoms with van der Waals surface area (Å²) < 4.78 is 0. The van der Waals surface area contributed by atoms with Crippen molar-refractivity contribution in [2.75, 3.05) is 33.2 Å². The zero-order valence-electron chi connectivity index (χ0n) is 18.9. The molecular formula is C24H32IN5O2. The smallest absolute Gasteiger partial charge is 0.254 e. The largest absolute Gasteiger partial charge is 0.356 e. The van der Waals surface area contributed by atoms with Crippen molar-refractivity contribution in [3.63, 3.8) is 0 Å². The lowest BCUT2D eigenvalue weighted by atomic mass is 9.85. The number of carbonyl (C=O) groups is 2. The Morgan fingerprint density at radius 1 is 1.09 bits per heavy atom. The summed E-state index contributed by atoms with van der Waals surface area (Å²) in [4.78, 5) is 30.0.